The van der Waals surface area contributed by atoms with Gasteiger partial charge < -0.3 is 4.74 Å². The van der Waals surface area contributed by atoms with Crippen LogP contribution in [0, 0.1) is 0 Å². The maximum absolute atomic E-state index is 6.84. The van der Waals surface area contributed by atoms with Gasteiger partial charge in [-0.3, -0.25) is 0 Å². The molecule has 282 valence electrons. The predicted octanol–water partition coefficient (Wildman–Crippen LogP) is 15.0. The van der Waals surface area contributed by atoms with E-state index >= 15 is 0 Å². The molecule has 1 unspecified atom stereocenters. The quantitative estimate of drug-likeness (QED) is 0.170. The molecule has 0 saturated heterocycles. The zero-order valence-electron chi connectivity index (χ0n) is 33.2. The van der Waals surface area contributed by atoms with Crippen molar-refractivity contribution in [1.29, 1.82) is 0 Å². The van der Waals surface area contributed by atoms with E-state index < -0.39 is 10.8 Å². The zero-order chi connectivity index (χ0) is 39.9. The minimum Gasteiger partial charge on any atom is -0.457 e. The van der Waals surface area contributed by atoms with Crippen molar-refractivity contribution >= 4 is 10.8 Å². The second kappa shape index (κ2) is 11.9. The van der Waals surface area contributed by atoms with Crippen LogP contribution in [0.25, 0.3) is 66.4 Å². The van der Waals surface area contributed by atoms with Crippen LogP contribution in [0.1, 0.15) is 44.5 Å². The molecule has 1 atom stereocenters. The van der Waals surface area contributed by atoms with Crippen LogP contribution in [0.15, 0.2) is 218 Å². The summed E-state index contributed by atoms with van der Waals surface area (Å²) in [4.78, 5) is 0. The summed E-state index contributed by atoms with van der Waals surface area (Å²) >= 11 is 0. The monoisotopic (exact) mass is 772 g/mol. The Morgan fingerprint density at radius 2 is 0.705 bits per heavy atom. The molecule has 1 heterocycles. The average molecular weight is 773 g/mol. The second-order valence-corrected chi connectivity index (χ2v) is 17.0. The molecule has 61 heavy (non-hydrogen) atoms. The van der Waals surface area contributed by atoms with E-state index in [9.17, 15) is 0 Å². The molecular weight excluding hydrogens is 737 g/mol. The van der Waals surface area contributed by atoms with E-state index in [4.69, 9.17) is 4.74 Å². The lowest BCUT2D eigenvalue weighted by molar-refractivity contribution is 0.436. The Hall–Kier alpha value is -7.74. The fourth-order valence-corrected chi connectivity index (χ4v) is 12.2. The fraction of sp³-hybridized carbons (Fsp3) is 0.0333. The van der Waals surface area contributed by atoms with E-state index in [1.54, 1.807) is 0 Å². The van der Waals surface area contributed by atoms with Gasteiger partial charge in [0.25, 0.3) is 0 Å². The highest BCUT2D eigenvalue weighted by atomic mass is 16.5. The molecular formula is C60H36O. The molecule has 10 aromatic carbocycles. The third-order valence-electron chi connectivity index (χ3n) is 14.4. The number of hydrogen-bond acceptors (Lipinski definition) is 1. The van der Waals surface area contributed by atoms with Gasteiger partial charge in [0.15, 0.2) is 0 Å². The normalized spacial score (nSPS) is 16.2. The lowest BCUT2D eigenvalue weighted by Gasteiger charge is -2.40. The van der Waals surface area contributed by atoms with Gasteiger partial charge in [-0.1, -0.05) is 200 Å². The van der Waals surface area contributed by atoms with Gasteiger partial charge in [-0.05, 0) is 118 Å². The maximum Gasteiger partial charge on any atom is 0.132 e. The van der Waals surface area contributed by atoms with Crippen molar-refractivity contribution in [2.75, 3.05) is 0 Å². The number of benzene rings is 10. The Kier molecular flexibility index (Phi) is 6.48. The van der Waals surface area contributed by atoms with Gasteiger partial charge in [0.05, 0.1) is 10.8 Å². The molecule has 4 aliphatic rings. The SMILES string of the molecule is c1ccc2c(c1)Oc1ccc(-c3ccccc3-c3cccc4c3-c3ccccc3C43c4ccccc4-c4cccc5cccc3c45)cc1C21c2ccccc2-c2ccccc21. The number of fused-ring (bicyclic) bond motifs is 18. The first-order chi connectivity index (χ1) is 30.3. The van der Waals surface area contributed by atoms with Crippen molar-refractivity contribution in [3.05, 3.63) is 263 Å². The maximum atomic E-state index is 6.84. The van der Waals surface area contributed by atoms with Crippen molar-refractivity contribution in [1.82, 2.24) is 0 Å². The van der Waals surface area contributed by atoms with Gasteiger partial charge >= 0.3 is 0 Å². The van der Waals surface area contributed by atoms with E-state index in [-0.39, 0.29) is 0 Å². The molecule has 0 radical (unpaired) electrons. The van der Waals surface area contributed by atoms with Crippen LogP contribution < -0.4 is 4.74 Å². The van der Waals surface area contributed by atoms with Crippen LogP contribution in [0.3, 0.4) is 0 Å². The van der Waals surface area contributed by atoms with Crippen LogP contribution in [0.2, 0.25) is 0 Å². The first kappa shape index (κ1) is 33.1. The molecule has 0 amide bonds. The summed E-state index contributed by atoms with van der Waals surface area (Å²) in [6.45, 7) is 0. The molecule has 0 saturated carbocycles. The Morgan fingerprint density at radius 1 is 0.262 bits per heavy atom. The average Bonchev–Trinajstić information content (AvgIpc) is 3.79. The summed E-state index contributed by atoms with van der Waals surface area (Å²) < 4.78 is 6.84. The molecule has 0 bridgehead atoms. The molecule has 1 aliphatic heterocycles. The summed E-state index contributed by atoms with van der Waals surface area (Å²) in [5.41, 5.74) is 21.9. The topological polar surface area (TPSA) is 9.23 Å². The van der Waals surface area contributed by atoms with Crippen molar-refractivity contribution in [2.24, 2.45) is 0 Å². The van der Waals surface area contributed by atoms with Gasteiger partial charge in [-0.25, -0.2) is 0 Å². The van der Waals surface area contributed by atoms with E-state index in [0.717, 1.165) is 11.5 Å². The molecule has 1 nitrogen and oxygen atoms in total. The Morgan fingerprint density at radius 3 is 1.41 bits per heavy atom. The third-order valence-corrected chi connectivity index (χ3v) is 14.4. The molecule has 14 rings (SSSR count). The van der Waals surface area contributed by atoms with Crippen molar-refractivity contribution < 1.29 is 4.74 Å². The van der Waals surface area contributed by atoms with Crippen LogP contribution in [0.4, 0.5) is 0 Å². The lowest BCUT2D eigenvalue weighted by atomic mass is 9.61. The molecule has 3 aliphatic carbocycles. The second-order valence-electron chi connectivity index (χ2n) is 17.0. The zero-order valence-corrected chi connectivity index (χ0v) is 33.2. The van der Waals surface area contributed by atoms with Crippen LogP contribution in [0.5, 0.6) is 11.5 Å². The van der Waals surface area contributed by atoms with E-state index in [1.807, 2.05) is 0 Å². The van der Waals surface area contributed by atoms with E-state index in [0.29, 0.717) is 0 Å². The van der Waals surface area contributed by atoms with Gasteiger partial charge in [-0.2, -0.15) is 0 Å². The van der Waals surface area contributed by atoms with E-state index in [2.05, 4.69) is 218 Å². The smallest absolute Gasteiger partial charge is 0.132 e. The van der Waals surface area contributed by atoms with Crippen LogP contribution >= 0.6 is 0 Å². The first-order valence-corrected chi connectivity index (χ1v) is 21.3. The molecule has 0 fully saturated rings. The number of rotatable bonds is 2. The molecule has 0 aromatic heterocycles. The van der Waals surface area contributed by atoms with Gasteiger partial charge in [-0.15, -0.1) is 0 Å². The molecule has 10 aromatic rings. The van der Waals surface area contributed by atoms with Crippen molar-refractivity contribution in [2.45, 2.75) is 10.8 Å². The highest BCUT2D eigenvalue weighted by molar-refractivity contribution is 6.08. The van der Waals surface area contributed by atoms with Crippen LogP contribution in [-0.4, -0.2) is 0 Å². The highest BCUT2D eigenvalue weighted by Gasteiger charge is 2.52. The minimum atomic E-state index is -0.534. The largest absolute Gasteiger partial charge is 0.457 e. The number of ether oxygens (including phenoxy) is 1. The number of para-hydroxylation sites is 1. The molecule has 1 heteroatoms. The summed E-state index contributed by atoms with van der Waals surface area (Å²) in [5, 5.41) is 2.62. The summed E-state index contributed by atoms with van der Waals surface area (Å²) in [6, 6.07) is 81.5. The predicted molar refractivity (Wildman–Crippen MR) is 248 cm³/mol. The van der Waals surface area contributed by atoms with Crippen LogP contribution in [-0.2, 0) is 10.8 Å². The Bertz CT molecular complexity index is 3480. The third kappa shape index (κ3) is 4.02. The lowest BCUT2D eigenvalue weighted by Crippen LogP contribution is -2.32. The van der Waals surface area contributed by atoms with Gasteiger partial charge in [0.2, 0.25) is 0 Å². The standard InChI is InChI=1S/C60H36O/c1-2-19-40(39(18-1)38-34-35-56-54(36-38)59(51-30-11-12-33-55(51)61-56)47-26-7-3-20-41(47)42-21-4-8-27-48(42)59)44-25-15-32-53-58(44)46-23-6-10-29-50(46)60(53)49-28-9-5-22-43(49)45-24-13-16-37-17-14-31-52(60)57(37)45/h1-36H. The van der Waals surface area contributed by atoms with Gasteiger partial charge in [0, 0.05) is 11.1 Å². The summed E-state index contributed by atoms with van der Waals surface area (Å²) in [7, 11) is 0. The van der Waals surface area contributed by atoms with Gasteiger partial charge in [0.1, 0.15) is 11.5 Å². The van der Waals surface area contributed by atoms with Crippen molar-refractivity contribution in [3.8, 4) is 67.1 Å². The minimum absolute atomic E-state index is 0.479. The molecule has 2 spiro atoms. The Balaban J connectivity index is 1.03. The molecule has 0 N–H and O–H groups in total. The number of hydrogen-bond donors (Lipinski definition) is 0. The van der Waals surface area contributed by atoms with E-state index in [1.165, 1.54) is 111 Å². The highest BCUT2D eigenvalue weighted by Crippen LogP contribution is 2.65. The summed E-state index contributed by atoms with van der Waals surface area (Å²) in [5.74, 6) is 1.80. The van der Waals surface area contributed by atoms with Crippen molar-refractivity contribution in [3.63, 3.8) is 0 Å². The Labute approximate surface area is 354 Å². The summed E-state index contributed by atoms with van der Waals surface area (Å²) in [6.07, 6.45) is 0. The first-order valence-electron chi connectivity index (χ1n) is 21.3. The fourth-order valence-electron chi connectivity index (χ4n) is 12.2.